The van der Waals surface area contributed by atoms with Gasteiger partial charge in [0.25, 0.3) is 15.9 Å². The Balaban J connectivity index is 2.08. The molecule has 0 heterocycles. The fourth-order valence-corrected chi connectivity index (χ4v) is 2.59. The number of hydrogen-bond acceptors (Lipinski definition) is 3. The van der Waals surface area contributed by atoms with Gasteiger partial charge in [-0.3, -0.25) is 10.2 Å². The van der Waals surface area contributed by atoms with Crippen molar-refractivity contribution in [3.05, 3.63) is 65.2 Å². The van der Waals surface area contributed by atoms with E-state index in [0.717, 1.165) is 11.1 Å². The van der Waals surface area contributed by atoms with Crippen LogP contribution >= 0.6 is 0 Å². The molecule has 0 atom stereocenters. The van der Waals surface area contributed by atoms with Crippen LogP contribution in [0.3, 0.4) is 0 Å². The van der Waals surface area contributed by atoms with Gasteiger partial charge in [0.05, 0.1) is 4.90 Å². The van der Waals surface area contributed by atoms with E-state index in [1.165, 1.54) is 12.1 Å². The first kappa shape index (κ1) is 15.2. The molecule has 0 fully saturated rings. The van der Waals surface area contributed by atoms with E-state index in [1.807, 2.05) is 19.9 Å². The molecular weight excluding hydrogens is 288 g/mol. The lowest BCUT2D eigenvalue weighted by molar-refractivity contribution is 0.0945. The van der Waals surface area contributed by atoms with Crippen molar-refractivity contribution in [2.24, 2.45) is 0 Å². The SMILES string of the molecule is Cc1ccc(S(=O)(=O)NNC(=O)c2cccc(C)c2)cc1. The van der Waals surface area contributed by atoms with Gasteiger partial charge in [-0.25, -0.2) is 8.42 Å². The molecule has 0 unspecified atom stereocenters. The molecule has 21 heavy (non-hydrogen) atoms. The number of amides is 1. The number of hydrogen-bond donors (Lipinski definition) is 2. The Labute approximate surface area is 124 Å². The van der Waals surface area contributed by atoms with E-state index >= 15 is 0 Å². The lowest BCUT2D eigenvalue weighted by Gasteiger charge is -2.09. The second-order valence-corrected chi connectivity index (χ2v) is 6.42. The van der Waals surface area contributed by atoms with Gasteiger partial charge in [-0.15, -0.1) is 4.83 Å². The Hall–Kier alpha value is -2.18. The number of aryl methyl sites for hydroxylation is 2. The molecule has 0 spiro atoms. The fourth-order valence-electron chi connectivity index (χ4n) is 1.75. The Bertz CT molecular complexity index is 753. The first-order valence-electron chi connectivity index (χ1n) is 6.34. The predicted octanol–water partition coefficient (Wildman–Crippen LogP) is 1.93. The van der Waals surface area contributed by atoms with E-state index < -0.39 is 15.9 Å². The van der Waals surface area contributed by atoms with Gasteiger partial charge in [-0.2, -0.15) is 0 Å². The zero-order valence-electron chi connectivity index (χ0n) is 11.8. The molecule has 0 aliphatic carbocycles. The highest BCUT2D eigenvalue weighted by Gasteiger charge is 2.15. The summed E-state index contributed by atoms with van der Waals surface area (Å²) in [5, 5.41) is 0. The smallest absolute Gasteiger partial charge is 0.266 e. The Morgan fingerprint density at radius 1 is 0.952 bits per heavy atom. The van der Waals surface area contributed by atoms with E-state index in [2.05, 4.69) is 10.3 Å². The van der Waals surface area contributed by atoms with E-state index in [9.17, 15) is 13.2 Å². The highest BCUT2D eigenvalue weighted by Crippen LogP contribution is 2.09. The third-order valence-electron chi connectivity index (χ3n) is 2.91. The molecule has 1 amide bonds. The molecule has 0 aromatic heterocycles. The van der Waals surface area contributed by atoms with E-state index in [1.54, 1.807) is 30.3 Å². The maximum absolute atomic E-state index is 12.0. The highest BCUT2D eigenvalue weighted by molar-refractivity contribution is 7.89. The summed E-state index contributed by atoms with van der Waals surface area (Å²) in [6, 6.07) is 13.2. The van der Waals surface area contributed by atoms with Gasteiger partial charge < -0.3 is 0 Å². The number of hydrazine groups is 1. The predicted molar refractivity (Wildman–Crippen MR) is 80.1 cm³/mol. The summed E-state index contributed by atoms with van der Waals surface area (Å²) in [4.78, 5) is 14.1. The summed E-state index contributed by atoms with van der Waals surface area (Å²) in [6.07, 6.45) is 0. The third kappa shape index (κ3) is 3.90. The van der Waals surface area contributed by atoms with Crippen LogP contribution in [0.15, 0.2) is 53.4 Å². The molecular formula is C15H16N2O3S. The molecule has 6 heteroatoms. The maximum atomic E-state index is 12.0. The van der Waals surface area contributed by atoms with E-state index in [4.69, 9.17) is 0 Å². The molecule has 2 N–H and O–H groups in total. The molecule has 0 radical (unpaired) electrons. The van der Waals surface area contributed by atoms with E-state index in [-0.39, 0.29) is 4.90 Å². The number of rotatable bonds is 4. The van der Waals surface area contributed by atoms with Gasteiger partial charge in [-0.1, -0.05) is 35.4 Å². The van der Waals surface area contributed by atoms with Gasteiger partial charge >= 0.3 is 0 Å². The zero-order chi connectivity index (χ0) is 15.5. The zero-order valence-corrected chi connectivity index (χ0v) is 12.6. The van der Waals surface area contributed by atoms with Crippen LogP contribution in [0.2, 0.25) is 0 Å². The Kier molecular flexibility index (Phi) is 4.40. The largest absolute Gasteiger partial charge is 0.273 e. The minimum absolute atomic E-state index is 0.0950. The van der Waals surface area contributed by atoms with Crippen molar-refractivity contribution in [2.75, 3.05) is 0 Å². The second-order valence-electron chi connectivity index (χ2n) is 4.74. The van der Waals surface area contributed by atoms with Gasteiger partial charge in [0.2, 0.25) is 0 Å². The Morgan fingerprint density at radius 2 is 1.62 bits per heavy atom. The topological polar surface area (TPSA) is 75.3 Å². The molecule has 0 saturated carbocycles. The monoisotopic (exact) mass is 304 g/mol. The van der Waals surface area contributed by atoms with Gasteiger partial charge in [-0.05, 0) is 38.1 Å². The fraction of sp³-hybridized carbons (Fsp3) is 0.133. The van der Waals surface area contributed by atoms with Crippen molar-refractivity contribution in [3.8, 4) is 0 Å². The first-order chi connectivity index (χ1) is 9.88. The Morgan fingerprint density at radius 3 is 2.24 bits per heavy atom. The molecule has 2 aromatic rings. The summed E-state index contributed by atoms with van der Waals surface area (Å²) in [7, 11) is -3.77. The van der Waals surface area contributed by atoms with Crippen LogP contribution in [0.5, 0.6) is 0 Å². The van der Waals surface area contributed by atoms with Crippen LogP contribution in [-0.2, 0) is 10.0 Å². The molecule has 0 aliphatic rings. The van der Waals surface area contributed by atoms with Crippen molar-refractivity contribution in [1.82, 2.24) is 10.3 Å². The number of carbonyl (C=O) groups is 1. The standard InChI is InChI=1S/C15H16N2O3S/c1-11-6-8-14(9-7-11)21(19,20)17-16-15(18)13-5-3-4-12(2)10-13/h3-10,17H,1-2H3,(H,16,18). The van der Waals surface area contributed by atoms with Crippen LogP contribution in [0, 0.1) is 13.8 Å². The molecule has 2 rings (SSSR count). The van der Waals surface area contributed by atoms with Crippen LogP contribution in [0.25, 0.3) is 0 Å². The molecule has 5 nitrogen and oxygen atoms in total. The third-order valence-corrected chi connectivity index (χ3v) is 4.17. The minimum Gasteiger partial charge on any atom is -0.273 e. The van der Waals surface area contributed by atoms with Crippen LogP contribution in [-0.4, -0.2) is 14.3 Å². The maximum Gasteiger partial charge on any atom is 0.266 e. The second kappa shape index (κ2) is 6.07. The van der Waals surface area contributed by atoms with Crippen LogP contribution in [0.1, 0.15) is 21.5 Å². The number of benzene rings is 2. The van der Waals surface area contributed by atoms with Gasteiger partial charge in [0.15, 0.2) is 0 Å². The van der Waals surface area contributed by atoms with Crippen molar-refractivity contribution in [2.45, 2.75) is 18.7 Å². The summed E-state index contributed by atoms with van der Waals surface area (Å²) in [5.41, 5.74) is 4.47. The van der Waals surface area contributed by atoms with Crippen molar-refractivity contribution in [1.29, 1.82) is 0 Å². The quantitative estimate of drug-likeness (QED) is 0.848. The normalized spacial score (nSPS) is 11.1. The van der Waals surface area contributed by atoms with Gasteiger partial charge in [0.1, 0.15) is 0 Å². The van der Waals surface area contributed by atoms with Crippen molar-refractivity contribution >= 4 is 15.9 Å². The lowest BCUT2D eigenvalue weighted by Crippen LogP contribution is -2.41. The summed E-state index contributed by atoms with van der Waals surface area (Å²) in [6.45, 7) is 3.72. The number of carbonyl (C=O) groups excluding carboxylic acids is 1. The summed E-state index contributed by atoms with van der Waals surface area (Å²) < 4.78 is 24.0. The average Bonchev–Trinajstić information content (AvgIpc) is 2.45. The van der Waals surface area contributed by atoms with Crippen molar-refractivity contribution < 1.29 is 13.2 Å². The number of nitrogens with one attached hydrogen (secondary N) is 2. The first-order valence-corrected chi connectivity index (χ1v) is 7.82. The van der Waals surface area contributed by atoms with Crippen LogP contribution in [0.4, 0.5) is 0 Å². The van der Waals surface area contributed by atoms with E-state index in [0.29, 0.717) is 5.56 Å². The molecule has 110 valence electrons. The molecule has 0 saturated heterocycles. The van der Waals surface area contributed by atoms with Crippen LogP contribution < -0.4 is 10.3 Å². The number of sulfonamides is 1. The minimum atomic E-state index is -3.77. The highest BCUT2D eigenvalue weighted by atomic mass is 32.2. The average molecular weight is 304 g/mol. The molecule has 0 aliphatic heterocycles. The molecule has 0 bridgehead atoms. The van der Waals surface area contributed by atoms with Crippen molar-refractivity contribution in [3.63, 3.8) is 0 Å². The lowest BCUT2D eigenvalue weighted by atomic mass is 10.1. The molecule has 2 aromatic carbocycles. The van der Waals surface area contributed by atoms with Gasteiger partial charge in [0, 0.05) is 5.56 Å². The summed E-state index contributed by atoms with van der Waals surface area (Å²) >= 11 is 0. The summed E-state index contributed by atoms with van der Waals surface area (Å²) in [5.74, 6) is -0.505.